The van der Waals surface area contributed by atoms with E-state index in [0.717, 1.165) is 0 Å². The molecule has 440 valence electrons. The third kappa shape index (κ3) is 7.59. The Hall–Kier alpha value is -3.29. The number of hydrogen-bond acceptors (Lipinski definition) is 0. The fraction of sp³-hybridized carbons (Fsp3) is 1.00. The molecule has 73 heavy (non-hydrogen) atoms. The minimum atomic E-state index is -10.8. The monoisotopic (exact) mass is 1210 g/mol. The van der Waals surface area contributed by atoms with E-state index in [4.69, 9.17) is 0 Å². The summed E-state index contributed by atoms with van der Waals surface area (Å²) in [4.78, 5) is 0. The van der Waals surface area contributed by atoms with Gasteiger partial charge in [-0.15, -0.1) is 0 Å². The van der Waals surface area contributed by atoms with Crippen molar-refractivity contribution in [2.75, 3.05) is 0 Å². The lowest BCUT2D eigenvalue weighted by molar-refractivity contribution is -0.498. The topological polar surface area (TPSA) is 0 Å². The molecule has 0 aliphatic heterocycles. The van der Waals surface area contributed by atoms with Crippen LogP contribution in [-0.2, 0) is 0 Å². The van der Waals surface area contributed by atoms with Crippen LogP contribution in [0, 0.1) is 5.92 Å². The molecule has 0 heterocycles. The SMILES string of the molecule is CC(C)C(F)(F)C(F)(F)C(F)(F)C(F)(F)C(F)(F)C(F)(F)C(F)(F)C(F)(F)C(F)(F)C(F)(F)C(F)(F)C(F)(F)C(F)(F)C(F)(F)C(F)(F)C(F)(F)C(F)(F)C(F)(F)C(F)(F)C(F)(F)C(F)(F)C(F)(F)C(F)(F)F. The molecule has 0 aliphatic carbocycles. The van der Waals surface area contributed by atoms with Gasteiger partial charge in [0.05, 0.1) is 0 Å². The molecule has 0 fully saturated rings. The van der Waals surface area contributed by atoms with Gasteiger partial charge in [-0.2, -0.15) is 206 Å². The molecule has 0 bridgehead atoms. The molecule has 0 aromatic heterocycles. The summed E-state index contributed by atoms with van der Waals surface area (Å²) in [6, 6.07) is 0. The Morgan fingerprint density at radius 1 is 0.137 bits per heavy atom. The molecule has 0 radical (unpaired) electrons. The summed E-state index contributed by atoms with van der Waals surface area (Å²) in [7, 11) is 0. The van der Waals surface area contributed by atoms with Crippen molar-refractivity contribution in [2.45, 2.75) is 150 Å². The summed E-state index contributed by atoms with van der Waals surface area (Å²) in [5, 5.41) is 0. The predicted octanol–water partition coefficient (Wildman–Crippen LogP) is 16.2. The second-order valence-electron chi connectivity index (χ2n) is 14.3. The van der Waals surface area contributed by atoms with Crippen LogP contribution >= 0.6 is 0 Å². The molecule has 0 nitrogen and oxygen atoms in total. The van der Waals surface area contributed by atoms with Crippen LogP contribution in [0.3, 0.4) is 0 Å². The Balaban J connectivity index is 8.16. The van der Waals surface area contributed by atoms with E-state index in [2.05, 4.69) is 0 Å². The van der Waals surface area contributed by atoms with E-state index in [1.54, 1.807) is 0 Å². The molecule has 0 saturated carbocycles. The van der Waals surface area contributed by atoms with Crippen molar-refractivity contribution >= 4 is 0 Å². The zero-order valence-corrected chi connectivity index (χ0v) is 31.8. The van der Waals surface area contributed by atoms with E-state index in [1.807, 2.05) is 0 Å². The Morgan fingerprint density at radius 2 is 0.219 bits per heavy atom. The largest absolute Gasteiger partial charge is 0.460 e. The van der Waals surface area contributed by atoms with Gasteiger partial charge in [0, 0.05) is 5.92 Å². The summed E-state index contributed by atoms with van der Waals surface area (Å²) in [5.74, 6) is -226. The molecular weight excluding hydrogens is 1210 g/mol. The van der Waals surface area contributed by atoms with Gasteiger partial charge < -0.3 is 0 Å². The molecule has 0 aromatic carbocycles. The first-order valence-electron chi connectivity index (χ1n) is 15.8. The van der Waals surface area contributed by atoms with Gasteiger partial charge in [-0.1, -0.05) is 13.8 Å². The first-order valence-corrected chi connectivity index (χ1v) is 15.8. The molecule has 0 aromatic rings. The molecular formula is C26H7F47. The van der Waals surface area contributed by atoms with E-state index in [9.17, 15) is 206 Å². The summed E-state index contributed by atoms with van der Waals surface area (Å²) in [6.07, 6.45) is -8.60. The molecule has 0 atom stereocenters. The van der Waals surface area contributed by atoms with Crippen LogP contribution in [0.2, 0.25) is 0 Å². The fourth-order valence-corrected chi connectivity index (χ4v) is 4.50. The minimum absolute atomic E-state index is 0.529. The number of rotatable bonds is 22. The minimum Gasteiger partial charge on any atom is -0.199 e. The maximum Gasteiger partial charge on any atom is 0.460 e. The zero-order valence-electron chi connectivity index (χ0n) is 31.8. The van der Waals surface area contributed by atoms with E-state index < -0.39 is 156 Å². The highest BCUT2D eigenvalue weighted by atomic mass is 19.4. The molecule has 0 saturated heterocycles. The number of halogens is 47. The van der Waals surface area contributed by atoms with E-state index >= 15 is 0 Å². The van der Waals surface area contributed by atoms with E-state index in [-0.39, 0.29) is 0 Å². The van der Waals surface area contributed by atoms with Gasteiger partial charge in [-0.3, -0.25) is 0 Å². The smallest absolute Gasteiger partial charge is 0.199 e. The average Bonchev–Trinajstić information content (AvgIpc) is 3.15. The molecule has 0 unspecified atom stereocenters. The van der Waals surface area contributed by atoms with Crippen LogP contribution in [0.1, 0.15) is 13.8 Å². The normalized spacial score (nSPS) is 17.5. The Kier molecular flexibility index (Phi) is 15.9. The van der Waals surface area contributed by atoms with Crippen LogP contribution in [0.4, 0.5) is 206 Å². The maximum absolute atomic E-state index is 14.1. The van der Waals surface area contributed by atoms with Gasteiger partial charge in [0.1, 0.15) is 0 Å². The highest BCUT2D eigenvalue weighted by Crippen LogP contribution is 2.72. The van der Waals surface area contributed by atoms with Crippen molar-refractivity contribution in [3.8, 4) is 0 Å². The number of hydrogen-bond donors (Lipinski definition) is 0. The van der Waals surface area contributed by atoms with Crippen molar-refractivity contribution in [3.63, 3.8) is 0 Å². The predicted molar refractivity (Wildman–Crippen MR) is 130 cm³/mol. The van der Waals surface area contributed by atoms with Crippen LogP contribution in [0.15, 0.2) is 0 Å². The van der Waals surface area contributed by atoms with Gasteiger partial charge in [0.25, 0.3) is 0 Å². The third-order valence-corrected chi connectivity index (χ3v) is 9.39. The number of alkyl halides is 47. The molecule has 47 heteroatoms. The third-order valence-electron chi connectivity index (χ3n) is 9.39. The first-order chi connectivity index (χ1) is 30.4. The van der Waals surface area contributed by atoms with E-state index in [1.165, 1.54) is 0 Å². The lowest BCUT2D eigenvalue weighted by Crippen LogP contribution is -2.81. The molecule has 0 rings (SSSR count). The highest BCUT2D eigenvalue weighted by Gasteiger charge is 3.04. The van der Waals surface area contributed by atoms with Crippen molar-refractivity contribution in [3.05, 3.63) is 0 Å². The summed E-state index contributed by atoms with van der Waals surface area (Å²) in [5.41, 5.74) is 0. The van der Waals surface area contributed by atoms with Crippen LogP contribution < -0.4 is 0 Å². The Labute approximate surface area is 364 Å². The van der Waals surface area contributed by atoms with Crippen molar-refractivity contribution < 1.29 is 206 Å². The van der Waals surface area contributed by atoms with Crippen LogP contribution in [0.25, 0.3) is 0 Å². The standard InChI is InChI=1S/C26H7F47/c1-3(2)4(27,28)5(29,30)6(31,32)7(33,34)8(35,36)9(37,38)10(39,40)11(41,42)12(43,44)13(45,46)14(47,48)15(49,50)16(51,52)17(53,54)18(55,56)19(57,58)20(59,60)21(61,62)22(63,64)23(65,66)24(67,68)25(69,70)26(71,72)73/h3H,1-2H3. The second kappa shape index (κ2) is 16.6. The summed E-state index contributed by atoms with van der Waals surface area (Å²) in [6.45, 7) is -1.06. The quantitative estimate of drug-likeness (QED) is 0.0948. The zero-order chi connectivity index (χ0) is 61.1. The first kappa shape index (κ1) is 69.7. The van der Waals surface area contributed by atoms with Crippen molar-refractivity contribution in [2.24, 2.45) is 5.92 Å². The molecule has 0 amide bonds. The lowest BCUT2D eigenvalue weighted by atomic mass is 9.81. The maximum atomic E-state index is 14.1. The fourth-order valence-electron chi connectivity index (χ4n) is 4.50. The van der Waals surface area contributed by atoms with Crippen LogP contribution in [-0.4, -0.2) is 136 Å². The lowest BCUT2D eigenvalue weighted by Gasteiger charge is -2.48. The highest BCUT2D eigenvalue weighted by molar-refractivity contribution is 5.24. The van der Waals surface area contributed by atoms with Gasteiger partial charge >= 0.3 is 136 Å². The van der Waals surface area contributed by atoms with E-state index in [0.29, 0.717) is 0 Å². The Bertz CT molecular complexity index is 1980. The molecule has 0 N–H and O–H groups in total. The summed E-state index contributed by atoms with van der Waals surface area (Å²) >= 11 is 0. The van der Waals surface area contributed by atoms with Crippen molar-refractivity contribution in [1.29, 1.82) is 0 Å². The van der Waals surface area contributed by atoms with Gasteiger partial charge in [-0.05, 0) is 0 Å². The van der Waals surface area contributed by atoms with Gasteiger partial charge in [-0.25, -0.2) is 0 Å². The second-order valence-corrected chi connectivity index (χ2v) is 14.3. The summed E-state index contributed by atoms with van der Waals surface area (Å²) < 4.78 is 646. The van der Waals surface area contributed by atoms with Crippen LogP contribution in [0.5, 0.6) is 0 Å². The Morgan fingerprint density at radius 3 is 0.301 bits per heavy atom. The average molecular weight is 1210 g/mol. The molecule has 0 aliphatic rings. The molecule has 0 spiro atoms. The van der Waals surface area contributed by atoms with Crippen molar-refractivity contribution in [1.82, 2.24) is 0 Å². The van der Waals surface area contributed by atoms with Gasteiger partial charge in [0.2, 0.25) is 0 Å². The van der Waals surface area contributed by atoms with Gasteiger partial charge in [0.15, 0.2) is 0 Å².